The number of hydrogen-bond donors (Lipinski definition) is 2. The highest BCUT2D eigenvalue weighted by Gasteiger charge is 2.67. The summed E-state index contributed by atoms with van der Waals surface area (Å²) >= 11 is 0. The molecule has 20 heteroatoms. The van der Waals surface area contributed by atoms with Crippen LogP contribution in [0.4, 0.5) is 0 Å². The molecule has 20 nitrogen and oxygen atoms in total. The smallest absolute Gasteiger partial charge is 0.262 e. The van der Waals surface area contributed by atoms with Crippen molar-refractivity contribution in [2.24, 2.45) is 92.7 Å². The molecule has 16 fully saturated rings. The second-order valence-corrected chi connectivity index (χ2v) is 35.1. The fourth-order valence-electron chi connectivity index (χ4n) is 27.5. The molecule has 4 aliphatic heterocycles. The zero-order valence-electron chi connectivity index (χ0n) is 56.2. The van der Waals surface area contributed by atoms with Crippen molar-refractivity contribution in [1.29, 1.82) is 0 Å². The normalized spacial score (nSPS) is 38.7. The van der Waals surface area contributed by atoms with Gasteiger partial charge in [-0.15, -0.1) is 0 Å². The third-order valence-electron chi connectivity index (χ3n) is 29.1. The molecule has 8 amide bonds. The number of aliphatic hydroxyl groups is 2. The first-order valence-corrected chi connectivity index (χ1v) is 37.6. The summed E-state index contributed by atoms with van der Waals surface area (Å²) < 4.78 is 0. The lowest BCUT2D eigenvalue weighted by atomic mass is 9.47. The molecular formula is C80H86N4O16. The van der Waals surface area contributed by atoms with Crippen LogP contribution in [0.2, 0.25) is 0 Å². The first-order valence-electron chi connectivity index (χ1n) is 37.6. The summed E-state index contributed by atoms with van der Waals surface area (Å²) in [6.45, 7) is 0. The zero-order chi connectivity index (χ0) is 67.6. The molecule has 16 aliphatic carbocycles. The van der Waals surface area contributed by atoms with E-state index in [-0.39, 0.29) is 116 Å². The summed E-state index contributed by atoms with van der Waals surface area (Å²) in [4.78, 5) is 168. The second kappa shape index (κ2) is 22.8. The van der Waals surface area contributed by atoms with Crippen molar-refractivity contribution >= 4 is 47.3 Å². The first kappa shape index (κ1) is 62.9. The summed E-state index contributed by atoms with van der Waals surface area (Å²) in [5.74, 6) is -1.81. The summed E-state index contributed by atoms with van der Waals surface area (Å²) in [5, 5.41) is 26.8. The number of fused-ring (bicyclic) bond motifs is 4. The van der Waals surface area contributed by atoms with Gasteiger partial charge in [0.15, 0.2) is 0 Å². The summed E-state index contributed by atoms with van der Waals surface area (Å²) in [7, 11) is 0. The molecule has 16 bridgehead atoms. The van der Waals surface area contributed by atoms with E-state index >= 15 is 38.4 Å². The number of carbonyl (C=O) groups excluding carboxylic acids is 8. The Labute approximate surface area is 579 Å². The van der Waals surface area contributed by atoms with E-state index < -0.39 is 118 Å². The minimum atomic E-state index is -2.05. The molecule has 2 N–H and O–H groups in total. The quantitative estimate of drug-likeness (QED) is 0.0341. The number of imide groups is 4. The third kappa shape index (κ3) is 9.43. The standard InChI is InChI=1S/C80H86N4O16/c85-65-53-9-1-2-10-54(53)66(86)81(65)61(77-29-41-17-42(30-77)19-43(18-41)31-77)73(93)95-97-75(63(79-35-47-23-48(36-79)25-49(24-47)37-79)83-69(89)57-13-5-6-14-58(57)70(83)90)99-100-76(64(80-38-50-26-51(39-80)28-52(27-50)40-80)84-71(91)59-15-7-8-16-60(59)72(84)92)98-96-74(94)62(78-32-44-20-45(33-78)22-46(21-44)34-78)82-67(87)55-11-3-4-12-56(55)68(82)88/h1-16,41-52,61-64,73-76,93-94H,17-40H2/t41?,42?,43?,44?,45?,46?,47?,48?,49?,50?,51?,52?,61-,62-,63-,64-,73?,74?,75?,76?,77?,78?,79?,80?/m1/s1. The third-order valence-corrected chi connectivity index (χ3v) is 29.1. The van der Waals surface area contributed by atoms with Gasteiger partial charge in [0.25, 0.3) is 47.3 Å². The molecule has 0 spiro atoms. The van der Waals surface area contributed by atoms with Crippen molar-refractivity contribution in [3.05, 3.63) is 142 Å². The van der Waals surface area contributed by atoms with E-state index in [4.69, 9.17) is 29.3 Å². The SMILES string of the molecule is O=C1c2ccccc2C(=O)N1[C@H](C(O)OOC(OOC(OOC(O)[C@@H](N1C(=O)c2ccccc2C1=O)C12CC3CC(CC(C3)C1)C2)[C@@H](N1C(=O)c2ccccc2C1=O)C12CC3CC(CC(C3)C1)C2)[C@@H](N1C(=O)c2ccccc2C1=O)C12CC3CC(CC(C3)C1)C2)C12CC3CC(CC(C3)C1)C2. The Kier molecular flexibility index (Phi) is 14.3. The number of rotatable bonds is 21. The number of benzene rings is 4. The lowest BCUT2D eigenvalue weighted by molar-refractivity contribution is -0.555. The van der Waals surface area contributed by atoms with Gasteiger partial charge in [-0.05, 0) is 295 Å². The van der Waals surface area contributed by atoms with Crippen LogP contribution in [0.5, 0.6) is 0 Å². The van der Waals surface area contributed by atoms with Crippen molar-refractivity contribution in [2.75, 3.05) is 0 Å². The van der Waals surface area contributed by atoms with Gasteiger partial charge in [-0.2, -0.15) is 29.3 Å². The van der Waals surface area contributed by atoms with Gasteiger partial charge in [0, 0.05) is 0 Å². The predicted molar refractivity (Wildman–Crippen MR) is 351 cm³/mol. The Hall–Kier alpha value is -6.88. The Morgan fingerprint density at radius 2 is 0.400 bits per heavy atom. The van der Waals surface area contributed by atoms with E-state index in [9.17, 15) is 10.2 Å². The molecule has 0 aromatic heterocycles. The van der Waals surface area contributed by atoms with E-state index in [0.717, 1.165) is 77.0 Å². The Balaban J connectivity index is 0.728. The van der Waals surface area contributed by atoms with Crippen LogP contribution in [0, 0.1) is 92.7 Å². The van der Waals surface area contributed by atoms with Gasteiger partial charge in [-0.25, -0.2) is 0 Å². The number of carbonyl (C=O) groups is 8. The lowest BCUT2D eigenvalue weighted by Gasteiger charge is -2.61. The highest BCUT2D eigenvalue weighted by Crippen LogP contribution is 2.68. The van der Waals surface area contributed by atoms with Crippen molar-refractivity contribution in [3.63, 3.8) is 0 Å². The molecule has 0 radical (unpaired) electrons. The van der Waals surface area contributed by atoms with Crippen molar-refractivity contribution in [2.45, 2.75) is 203 Å². The Morgan fingerprint density at radius 3 is 0.580 bits per heavy atom. The number of amides is 8. The van der Waals surface area contributed by atoms with E-state index in [1.807, 2.05) is 0 Å². The van der Waals surface area contributed by atoms with Crippen LogP contribution < -0.4 is 0 Å². The predicted octanol–water partition coefficient (Wildman–Crippen LogP) is 11.6. The summed E-state index contributed by atoms with van der Waals surface area (Å²) in [6, 6.07) is 21.2. The van der Waals surface area contributed by atoms with E-state index in [2.05, 4.69) is 0 Å². The maximum absolute atomic E-state index is 15.6. The number of aliphatic hydroxyl groups excluding tert-OH is 2. The van der Waals surface area contributed by atoms with Gasteiger partial charge in [-0.3, -0.25) is 58.0 Å². The average Bonchev–Trinajstić information content (AvgIpc) is 1.33. The van der Waals surface area contributed by atoms with Gasteiger partial charge in [0.1, 0.15) is 12.1 Å². The largest absolute Gasteiger partial charge is 0.364 e. The van der Waals surface area contributed by atoms with E-state index in [0.29, 0.717) is 77.0 Å². The monoisotopic (exact) mass is 1360 g/mol. The van der Waals surface area contributed by atoms with Gasteiger partial charge in [0.05, 0.1) is 56.6 Å². The van der Waals surface area contributed by atoms with E-state index in [1.54, 1.807) is 97.1 Å². The second-order valence-electron chi connectivity index (χ2n) is 35.1. The fraction of sp³-hybridized carbons (Fsp3) is 0.600. The highest BCUT2D eigenvalue weighted by molar-refractivity contribution is 6.24. The topological polar surface area (TPSA) is 245 Å². The molecule has 4 aromatic carbocycles. The van der Waals surface area contributed by atoms with Crippen LogP contribution in [0.25, 0.3) is 0 Å². The molecule has 20 aliphatic rings. The molecule has 4 aromatic rings. The molecule has 16 saturated carbocycles. The lowest BCUT2D eigenvalue weighted by Crippen LogP contribution is -2.65. The van der Waals surface area contributed by atoms with Crippen molar-refractivity contribution in [3.8, 4) is 0 Å². The van der Waals surface area contributed by atoms with Crippen molar-refractivity contribution < 1.29 is 77.9 Å². The summed E-state index contributed by atoms with van der Waals surface area (Å²) in [6.07, 6.45) is 10.7. The fourth-order valence-corrected chi connectivity index (χ4v) is 27.5. The van der Waals surface area contributed by atoms with Crippen LogP contribution in [0.1, 0.15) is 237 Å². The summed E-state index contributed by atoms with van der Waals surface area (Å²) in [5.41, 5.74) is -1.96. The van der Waals surface area contributed by atoms with Gasteiger partial charge >= 0.3 is 0 Å². The minimum absolute atomic E-state index is 0.165. The van der Waals surface area contributed by atoms with Crippen LogP contribution in [0.3, 0.4) is 0 Å². The Morgan fingerprint density at radius 1 is 0.250 bits per heavy atom. The van der Waals surface area contributed by atoms with Gasteiger partial charge in [0.2, 0.25) is 25.2 Å². The minimum Gasteiger partial charge on any atom is -0.364 e. The molecule has 4 heterocycles. The number of nitrogens with zero attached hydrogens (tertiary/aromatic N) is 4. The highest BCUT2D eigenvalue weighted by atomic mass is 17.4. The molecule has 522 valence electrons. The molecule has 8 atom stereocenters. The van der Waals surface area contributed by atoms with E-state index in [1.165, 1.54) is 19.6 Å². The average molecular weight is 1360 g/mol. The van der Waals surface area contributed by atoms with Crippen molar-refractivity contribution in [1.82, 2.24) is 19.6 Å². The molecular weight excluding hydrogens is 1270 g/mol. The maximum Gasteiger partial charge on any atom is 0.262 e. The maximum atomic E-state index is 15.6. The van der Waals surface area contributed by atoms with Gasteiger partial charge in [-0.1, -0.05) is 48.5 Å². The van der Waals surface area contributed by atoms with Crippen LogP contribution in [0.15, 0.2) is 97.1 Å². The molecule has 4 unspecified atom stereocenters. The van der Waals surface area contributed by atoms with Crippen LogP contribution in [-0.2, 0) is 29.3 Å². The first-order chi connectivity index (χ1) is 48.4. The molecule has 100 heavy (non-hydrogen) atoms. The molecule has 0 saturated heterocycles. The van der Waals surface area contributed by atoms with Crippen LogP contribution >= 0.6 is 0 Å². The Bertz CT molecular complexity index is 3620. The zero-order valence-corrected chi connectivity index (χ0v) is 56.2. The van der Waals surface area contributed by atoms with Gasteiger partial charge < -0.3 is 10.2 Å². The van der Waals surface area contributed by atoms with Crippen LogP contribution in [-0.4, -0.2) is 126 Å². The number of hydrogen-bond acceptors (Lipinski definition) is 16. The molecule has 24 rings (SSSR count).